The lowest BCUT2D eigenvalue weighted by Crippen LogP contribution is -2.07. The molecule has 0 fully saturated rings. The second-order valence-corrected chi connectivity index (χ2v) is 4.88. The lowest BCUT2D eigenvalue weighted by atomic mass is 10.1. The summed E-state index contributed by atoms with van der Waals surface area (Å²) in [5.41, 5.74) is 3.09. The summed E-state index contributed by atoms with van der Waals surface area (Å²) in [4.78, 5) is 15.1. The predicted octanol–water partition coefficient (Wildman–Crippen LogP) is 2.71. The number of carboxylic acids is 1. The number of benzene rings is 1. The number of hydrogen-bond acceptors (Lipinski definition) is 3. The highest BCUT2D eigenvalue weighted by molar-refractivity contribution is 5.83. The number of carboxylic acid groups (broad SMARTS) is 1. The lowest BCUT2D eigenvalue weighted by Gasteiger charge is -2.12. The van der Waals surface area contributed by atoms with Gasteiger partial charge in [-0.1, -0.05) is 26.0 Å². The van der Waals surface area contributed by atoms with E-state index in [1.165, 1.54) is 0 Å². The summed E-state index contributed by atoms with van der Waals surface area (Å²) >= 11 is 0. The number of aryl methyl sites for hydroxylation is 1. The van der Waals surface area contributed by atoms with Gasteiger partial charge in [0.25, 0.3) is 5.82 Å². The van der Waals surface area contributed by atoms with Gasteiger partial charge in [0, 0.05) is 5.92 Å². The van der Waals surface area contributed by atoms with Crippen molar-refractivity contribution in [2.45, 2.75) is 33.6 Å². The molecule has 0 atom stereocenters. The van der Waals surface area contributed by atoms with Crippen LogP contribution in [0.1, 0.15) is 47.3 Å². The van der Waals surface area contributed by atoms with E-state index in [2.05, 4.69) is 10.1 Å². The lowest BCUT2D eigenvalue weighted by molar-refractivity contribution is 0.0683. The van der Waals surface area contributed by atoms with Gasteiger partial charge in [-0.05, 0) is 31.0 Å². The molecule has 0 aliphatic heterocycles. The topological polar surface area (TPSA) is 68.0 Å². The summed E-state index contributed by atoms with van der Waals surface area (Å²) in [6, 6.07) is 5.88. The van der Waals surface area contributed by atoms with Gasteiger partial charge in [0.2, 0.25) is 0 Å². The number of aromatic nitrogens is 3. The smallest absolute Gasteiger partial charge is 0.375 e. The highest BCUT2D eigenvalue weighted by Crippen LogP contribution is 2.22. The maximum Gasteiger partial charge on any atom is 0.375 e. The van der Waals surface area contributed by atoms with E-state index in [9.17, 15) is 4.79 Å². The number of nitrogens with zero attached hydrogens (tertiary/aromatic N) is 3. The summed E-state index contributed by atoms with van der Waals surface area (Å²) in [6.45, 7) is 7.95. The molecule has 0 aliphatic carbocycles. The average Bonchev–Trinajstić information content (AvgIpc) is 2.77. The van der Waals surface area contributed by atoms with Crippen molar-refractivity contribution in [3.63, 3.8) is 0 Å². The third-order valence-electron chi connectivity index (χ3n) is 3.14. The van der Waals surface area contributed by atoms with Crippen LogP contribution in [0.4, 0.5) is 0 Å². The summed E-state index contributed by atoms with van der Waals surface area (Å²) in [7, 11) is 0. The van der Waals surface area contributed by atoms with Crippen LogP contribution in [-0.4, -0.2) is 25.8 Å². The second kappa shape index (κ2) is 4.84. The molecule has 1 aromatic heterocycles. The summed E-state index contributed by atoms with van der Waals surface area (Å²) < 4.78 is 1.64. The molecule has 0 unspecified atom stereocenters. The van der Waals surface area contributed by atoms with Gasteiger partial charge in [-0.2, -0.15) is 0 Å². The first kappa shape index (κ1) is 13.3. The molecule has 19 heavy (non-hydrogen) atoms. The standard InChI is InChI=1S/C14H17N3O2/c1-8(2)13-15-12(14(18)19)16-17(13)11-7-5-6-9(3)10(11)4/h5-8H,1-4H3,(H,18,19). The molecule has 1 N–H and O–H groups in total. The molecule has 2 aromatic rings. The molecule has 0 spiro atoms. The number of carbonyl (C=O) groups is 1. The zero-order chi connectivity index (χ0) is 14.2. The average molecular weight is 259 g/mol. The fraction of sp³-hybridized carbons (Fsp3) is 0.357. The molecular formula is C14H17N3O2. The van der Waals surface area contributed by atoms with Gasteiger partial charge in [-0.15, -0.1) is 5.10 Å². The van der Waals surface area contributed by atoms with E-state index in [-0.39, 0.29) is 11.7 Å². The van der Waals surface area contributed by atoms with Gasteiger partial charge in [-0.25, -0.2) is 14.5 Å². The Morgan fingerprint density at radius 2 is 2.00 bits per heavy atom. The van der Waals surface area contributed by atoms with Crippen molar-refractivity contribution in [1.82, 2.24) is 14.8 Å². The molecule has 2 rings (SSSR count). The Morgan fingerprint density at radius 1 is 1.32 bits per heavy atom. The number of aromatic carboxylic acids is 1. The van der Waals surface area contributed by atoms with Crippen molar-refractivity contribution in [3.8, 4) is 5.69 Å². The van der Waals surface area contributed by atoms with Crippen LogP contribution in [0.2, 0.25) is 0 Å². The molecule has 100 valence electrons. The van der Waals surface area contributed by atoms with Crippen LogP contribution >= 0.6 is 0 Å². The van der Waals surface area contributed by atoms with E-state index in [0.717, 1.165) is 16.8 Å². The Labute approximate surface area is 111 Å². The Hall–Kier alpha value is -2.17. The van der Waals surface area contributed by atoms with Crippen molar-refractivity contribution in [2.24, 2.45) is 0 Å². The summed E-state index contributed by atoms with van der Waals surface area (Å²) in [6.07, 6.45) is 0. The van der Waals surface area contributed by atoms with Crippen LogP contribution in [0.15, 0.2) is 18.2 Å². The summed E-state index contributed by atoms with van der Waals surface area (Å²) in [5.74, 6) is -0.512. The van der Waals surface area contributed by atoms with E-state index >= 15 is 0 Å². The van der Waals surface area contributed by atoms with Gasteiger partial charge in [-0.3, -0.25) is 0 Å². The normalized spacial score (nSPS) is 11.0. The molecule has 0 saturated carbocycles. The molecular weight excluding hydrogens is 242 g/mol. The second-order valence-electron chi connectivity index (χ2n) is 4.88. The Morgan fingerprint density at radius 3 is 2.58 bits per heavy atom. The van der Waals surface area contributed by atoms with E-state index in [1.807, 2.05) is 45.9 Å². The van der Waals surface area contributed by atoms with E-state index in [4.69, 9.17) is 5.11 Å². The molecule has 0 radical (unpaired) electrons. The highest BCUT2D eigenvalue weighted by atomic mass is 16.4. The first-order chi connectivity index (χ1) is 8.91. The molecule has 0 bridgehead atoms. The minimum Gasteiger partial charge on any atom is -0.475 e. The quantitative estimate of drug-likeness (QED) is 0.920. The highest BCUT2D eigenvalue weighted by Gasteiger charge is 2.19. The van der Waals surface area contributed by atoms with Crippen molar-refractivity contribution >= 4 is 5.97 Å². The Balaban J connectivity index is 2.67. The molecule has 1 heterocycles. The molecule has 5 heteroatoms. The minimum atomic E-state index is -1.11. The Kier molecular flexibility index (Phi) is 3.38. The van der Waals surface area contributed by atoms with Crippen LogP contribution in [0.3, 0.4) is 0 Å². The maximum absolute atomic E-state index is 11.0. The van der Waals surface area contributed by atoms with E-state index in [0.29, 0.717) is 5.82 Å². The van der Waals surface area contributed by atoms with Gasteiger partial charge >= 0.3 is 5.97 Å². The molecule has 5 nitrogen and oxygen atoms in total. The van der Waals surface area contributed by atoms with E-state index in [1.54, 1.807) is 4.68 Å². The van der Waals surface area contributed by atoms with Crippen molar-refractivity contribution in [1.29, 1.82) is 0 Å². The van der Waals surface area contributed by atoms with Crippen LogP contribution in [0.5, 0.6) is 0 Å². The molecule has 0 amide bonds. The van der Waals surface area contributed by atoms with Crippen LogP contribution in [-0.2, 0) is 0 Å². The predicted molar refractivity (Wildman–Crippen MR) is 71.9 cm³/mol. The number of rotatable bonds is 3. The molecule has 0 aliphatic rings. The number of hydrogen-bond donors (Lipinski definition) is 1. The minimum absolute atomic E-state index is 0.0977. The van der Waals surface area contributed by atoms with Gasteiger partial charge in [0.15, 0.2) is 0 Å². The monoisotopic (exact) mass is 259 g/mol. The molecule has 1 aromatic carbocycles. The van der Waals surface area contributed by atoms with Crippen molar-refractivity contribution < 1.29 is 9.90 Å². The zero-order valence-corrected chi connectivity index (χ0v) is 11.5. The van der Waals surface area contributed by atoms with Crippen molar-refractivity contribution in [3.05, 3.63) is 41.0 Å². The largest absolute Gasteiger partial charge is 0.475 e. The third-order valence-corrected chi connectivity index (χ3v) is 3.14. The van der Waals surface area contributed by atoms with E-state index < -0.39 is 5.97 Å². The summed E-state index contributed by atoms with van der Waals surface area (Å²) in [5, 5.41) is 13.1. The van der Waals surface area contributed by atoms with Crippen LogP contribution < -0.4 is 0 Å². The van der Waals surface area contributed by atoms with Gasteiger partial charge < -0.3 is 5.11 Å². The van der Waals surface area contributed by atoms with Gasteiger partial charge in [0.05, 0.1) is 5.69 Å². The van der Waals surface area contributed by atoms with Crippen LogP contribution in [0, 0.1) is 13.8 Å². The molecule has 0 saturated heterocycles. The SMILES string of the molecule is Cc1cccc(-n2nc(C(=O)O)nc2C(C)C)c1C. The first-order valence-corrected chi connectivity index (χ1v) is 6.18. The third kappa shape index (κ3) is 2.36. The maximum atomic E-state index is 11.0. The fourth-order valence-electron chi connectivity index (χ4n) is 1.93. The fourth-order valence-corrected chi connectivity index (χ4v) is 1.93. The van der Waals surface area contributed by atoms with Crippen LogP contribution in [0.25, 0.3) is 5.69 Å². The van der Waals surface area contributed by atoms with Crippen molar-refractivity contribution in [2.75, 3.05) is 0 Å². The Bertz CT molecular complexity index is 630. The first-order valence-electron chi connectivity index (χ1n) is 6.18. The zero-order valence-electron chi connectivity index (χ0n) is 11.5. The van der Waals surface area contributed by atoms with Gasteiger partial charge in [0.1, 0.15) is 5.82 Å².